The van der Waals surface area contributed by atoms with E-state index in [2.05, 4.69) is 17.3 Å². The lowest BCUT2D eigenvalue weighted by Gasteiger charge is -2.29. The van der Waals surface area contributed by atoms with Crippen molar-refractivity contribution in [2.75, 3.05) is 40.3 Å². The van der Waals surface area contributed by atoms with Gasteiger partial charge < -0.3 is 15.0 Å². The highest BCUT2D eigenvalue weighted by Gasteiger charge is 2.15. The molecular formula is C7H16N2O. The van der Waals surface area contributed by atoms with Crippen LogP contribution in [0, 0.1) is 0 Å². The van der Waals surface area contributed by atoms with Gasteiger partial charge in [0, 0.05) is 19.6 Å². The molecule has 60 valence electrons. The molecule has 0 spiro atoms. The Balaban J connectivity index is 2.18. The Morgan fingerprint density at radius 1 is 1.70 bits per heavy atom. The van der Waals surface area contributed by atoms with Gasteiger partial charge in [0.25, 0.3) is 0 Å². The minimum atomic E-state index is 0.392. The van der Waals surface area contributed by atoms with Gasteiger partial charge in [0.2, 0.25) is 0 Å². The summed E-state index contributed by atoms with van der Waals surface area (Å²) in [5.41, 5.74) is 0. The van der Waals surface area contributed by atoms with E-state index in [4.69, 9.17) is 4.74 Å². The first-order chi connectivity index (χ1) is 4.83. The fourth-order valence-corrected chi connectivity index (χ4v) is 1.22. The Bertz CT molecular complexity index is 95.6. The smallest absolute Gasteiger partial charge is 0.0826 e. The number of ether oxygens (including phenoxy) is 1. The molecule has 1 heterocycles. The van der Waals surface area contributed by atoms with Crippen LogP contribution in [0.2, 0.25) is 0 Å². The molecule has 1 atom stereocenters. The molecule has 0 aromatic rings. The summed E-state index contributed by atoms with van der Waals surface area (Å²) in [4.78, 5) is 2.30. The van der Waals surface area contributed by atoms with Crippen LogP contribution in [0.4, 0.5) is 0 Å². The maximum absolute atomic E-state index is 5.48. The number of hydrogen-bond donors (Lipinski definition) is 1. The SMILES string of the molecule is CNC[C@H]1CN(C)CCO1. The number of morpholine rings is 1. The second kappa shape index (κ2) is 3.91. The summed E-state index contributed by atoms with van der Waals surface area (Å²) in [6, 6.07) is 0. The maximum Gasteiger partial charge on any atom is 0.0826 e. The predicted octanol–water partition coefficient (Wildman–Crippen LogP) is -0.464. The highest BCUT2D eigenvalue weighted by atomic mass is 16.5. The van der Waals surface area contributed by atoms with Gasteiger partial charge in [-0.1, -0.05) is 0 Å². The van der Waals surface area contributed by atoms with Gasteiger partial charge in [-0.15, -0.1) is 0 Å². The Kier molecular flexibility index (Phi) is 3.12. The summed E-state index contributed by atoms with van der Waals surface area (Å²) in [6.45, 7) is 3.97. The van der Waals surface area contributed by atoms with E-state index in [1.54, 1.807) is 0 Å². The zero-order chi connectivity index (χ0) is 7.40. The number of nitrogens with one attached hydrogen (secondary N) is 1. The Morgan fingerprint density at radius 2 is 2.50 bits per heavy atom. The molecule has 0 saturated carbocycles. The van der Waals surface area contributed by atoms with Crippen LogP contribution in [0.3, 0.4) is 0 Å². The van der Waals surface area contributed by atoms with Crippen LogP contribution >= 0.6 is 0 Å². The molecular weight excluding hydrogens is 128 g/mol. The van der Waals surface area contributed by atoms with Gasteiger partial charge in [-0.25, -0.2) is 0 Å². The van der Waals surface area contributed by atoms with Gasteiger partial charge in [0.1, 0.15) is 0 Å². The lowest BCUT2D eigenvalue weighted by molar-refractivity contribution is -0.0172. The van der Waals surface area contributed by atoms with Crippen molar-refractivity contribution in [3.8, 4) is 0 Å². The highest BCUT2D eigenvalue weighted by Crippen LogP contribution is 2.00. The fourth-order valence-electron chi connectivity index (χ4n) is 1.22. The van der Waals surface area contributed by atoms with E-state index in [0.29, 0.717) is 6.10 Å². The Morgan fingerprint density at radius 3 is 3.10 bits per heavy atom. The van der Waals surface area contributed by atoms with Crippen LogP contribution in [0.1, 0.15) is 0 Å². The van der Waals surface area contributed by atoms with Crippen LogP contribution in [0.15, 0.2) is 0 Å². The zero-order valence-electron chi connectivity index (χ0n) is 6.76. The van der Waals surface area contributed by atoms with Crippen LogP contribution in [0.25, 0.3) is 0 Å². The fraction of sp³-hybridized carbons (Fsp3) is 1.00. The van der Waals surface area contributed by atoms with Crippen LogP contribution in [-0.2, 0) is 4.74 Å². The molecule has 1 saturated heterocycles. The molecule has 0 unspecified atom stereocenters. The largest absolute Gasteiger partial charge is 0.374 e. The topological polar surface area (TPSA) is 24.5 Å². The normalized spacial score (nSPS) is 28.8. The molecule has 3 nitrogen and oxygen atoms in total. The minimum Gasteiger partial charge on any atom is -0.374 e. The lowest BCUT2D eigenvalue weighted by atomic mass is 10.3. The number of likely N-dealkylation sites (N-methyl/N-ethyl adjacent to an activating group) is 2. The summed E-state index contributed by atoms with van der Waals surface area (Å²) < 4.78 is 5.48. The minimum absolute atomic E-state index is 0.392. The lowest BCUT2D eigenvalue weighted by Crippen LogP contribution is -2.44. The molecule has 1 aliphatic rings. The third kappa shape index (κ3) is 2.25. The van der Waals surface area contributed by atoms with Crippen LogP contribution in [0.5, 0.6) is 0 Å². The van der Waals surface area contributed by atoms with Gasteiger partial charge in [-0.3, -0.25) is 0 Å². The van der Waals surface area contributed by atoms with E-state index >= 15 is 0 Å². The molecule has 0 aromatic heterocycles. The van der Waals surface area contributed by atoms with Crippen LogP contribution in [-0.4, -0.2) is 51.3 Å². The molecule has 1 aliphatic heterocycles. The van der Waals surface area contributed by atoms with Gasteiger partial charge in [0.05, 0.1) is 12.7 Å². The highest BCUT2D eigenvalue weighted by molar-refractivity contribution is 4.69. The van der Waals surface area contributed by atoms with Gasteiger partial charge in [0.15, 0.2) is 0 Å². The molecule has 0 radical (unpaired) electrons. The molecule has 1 N–H and O–H groups in total. The summed E-state index contributed by atoms with van der Waals surface area (Å²) in [7, 11) is 4.09. The van der Waals surface area contributed by atoms with E-state index in [0.717, 1.165) is 26.2 Å². The average Bonchev–Trinajstić information content (AvgIpc) is 1.88. The molecule has 1 rings (SSSR count). The standard InChI is InChI=1S/C7H16N2O/c1-8-5-7-6-9(2)3-4-10-7/h7-8H,3-6H2,1-2H3/t7-/m0/s1. The first-order valence-corrected chi connectivity index (χ1v) is 3.77. The number of hydrogen-bond acceptors (Lipinski definition) is 3. The van der Waals surface area contributed by atoms with Gasteiger partial charge in [-0.2, -0.15) is 0 Å². The van der Waals surface area contributed by atoms with E-state index in [1.807, 2.05) is 7.05 Å². The van der Waals surface area contributed by atoms with Crippen molar-refractivity contribution >= 4 is 0 Å². The maximum atomic E-state index is 5.48. The zero-order valence-corrected chi connectivity index (χ0v) is 6.76. The van der Waals surface area contributed by atoms with E-state index in [9.17, 15) is 0 Å². The van der Waals surface area contributed by atoms with Crippen LogP contribution < -0.4 is 5.32 Å². The van der Waals surface area contributed by atoms with E-state index < -0.39 is 0 Å². The predicted molar refractivity (Wildman–Crippen MR) is 41.2 cm³/mol. The van der Waals surface area contributed by atoms with Crippen molar-refractivity contribution in [2.45, 2.75) is 6.10 Å². The molecule has 0 aliphatic carbocycles. The molecule has 0 bridgehead atoms. The van der Waals surface area contributed by atoms with Crippen molar-refractivity contribution in [3.63, 3.8) is 0 Å². The third-order valence-electron chi connectivity index (χ3n) is 1.77. The van der Waals surface area contributed by atoms with Crippen molar-refractivity contribution in [3.05, 3.63) is 0 Å². The van der Waals surface area contributed by atoms with Gasteiger partial charge >= 0.3 is 0 Å². The monoisotopic (exact) mass is 144 g/mol. The molecule has 0 amide bonds. The number of nitrogens with zero attached hydrogens (tertiary/aromatic N) is 1. The molecule has 3 heteroatoms. The summed E-state index contributed by atoms with van der Waals surface area (Å²) in [5, 5.41) is 3.11. The van der Waals surface area contributed by atoms with E-state index in [-0.39, 0.29) is 0 Å². The average molecular weight is 144 g/mol. The number of rotatable bonds is 2. The Labute approximate surface area is 62.3 Å². The summed E-state index contributed by atoms with van der Waals surface area (Å²) in [5.74, 6) is 0. The first kappa shape index (κ1) is 7.98. The van der Waals surface area contributed by atoms with Crippen molar-refractivity contribution in [1.82, 2.24) is 10.2 Å². The summed E-state index contributed by atoms with van der Waals surface area (Å²) >= 11 is 0. The first-order valence-electron chi connectivity index (χ1n) is 3.77. The van der Waals surface area contributed by atoms with Crippen molar-refractivity contribution < 1.29 is 4.74 Å². The van der Waals surface area contributed by atoms with E-state index in [1.165, 1.54) is 0 Å². The second-order valence-corrected chi connectivity index (χ2v) is 2.81. The summed E-state index contributed by atoms with van der Waals surface area (Å²) in [6.07, 6.45) is 0.392. The molecule has 1 fully saturated rings. The second-order valence-electron chi connectivity index (χ2n) is 2.81. The molecule has 10 heavy (non-hydrogen) atoms. The van der Waals surface area contributed by atoms with Gasteiger partial charge in [-0.05, 0) is 14.1 Å². The van der Waals surface area contributed by atoms with Crippen molar-refractivity contribution in [2.24, 2.45) is 0 Å². The third-order valence-corrected chi connectivity index (χ3v) is 1.77. The quantitative estimate of drug-likeness (QED) is 0.567. The molecule has 0 aromatic carbocycles. The Hall–Kier alpha value is -0.120. The van der Waals surface area contributed by atoms with Crippen molar-refractivity contribution in [1.29, 1.82) is 0 Å².